The van der Waals surface area contributed by atoms with Gasteiger partial charge in [-0.1, -0.05) is 29.8 Å². The highest BCUT2D eigenvalue weighted by Gasteiger charge is 2.06. The first-order valence-electron chi connectivity index (χ1n) is 7.14. The number of hydrogen-bond acceptors (Lipinski definition) is 3. The molecule has 23 heavy (non-hydrogen) atoms. The van der Waals surface area contributed by atoms with E-state index in [-0.39, 0.29) is 5.75 Å². The maximum absolute atomic E-state index is 9.81. The molecule has 0 radical (unpaired) electrons. The van der Waals surface area contributed by atoms with Crippen molar-refractivity contribution in [2.45, 2.75) is 0 Å². The van der Waals surface area contributed by atoms with E-state index < -0.39 is 0 Å². The number of aliphatic imine (C=N–C) groups is 1. The van der Waals surface area contributed by atoms with Crippen LogP contribution in [0.25, 0.3) is 21.9 Å². The van der Waals surface area contributed by atoms with Gasteiger partial charge in [-0.25, -0.2) is 0 Å². The second-order valence-corrected chi connectivity index (χ2v) is 5.68. The Morgan fingerprint density at radius 1 is 0.913 bits per heavy atom. The van der Waals surface area contributed by atoms with Crippen molar-refractivity contribution >= 4 is 45.4 Å². The van der Waals surface area contributed by atoms with E-state index >= 15 is 0 Å². The molecule has 4 heteroatoms. The third-order valence-corrected chi connectivity index (χ3v) is 3.94. The monoisotopic (exact) mass is 321 g/mol. The van der Waals surface area contributed by atoms with Crippen LogP contribution in [0.1, 0.15) is 5.56 Å². The molecule has 0 amide bonds. The predicted octanol–water partition coefficient (Wildman–Crippen LogP) is 5.70. The van der Waals surface area contributed by atoms with Crippen LogP contribution in [-0.4, -0.2) is 11.3 Å². The van der Waals surface area contributed by atoms with Gasteiger partial charge in [-0.05, 0) is 36.4 Å². The average Bonchev–Trinajstić information content (AvgIpc) is 2.93. The Morgan fingerprint density at radius 2 is 1.74 bits per heavy atom. The Bertz CT molecular complexity index is 1050. The summed E-state index contributed by atoms with van der Waals surface area (Å²) in [4.78, 5) is 4.40. The van der Waals surface area contributed by atoms with Crippen molar-refractivity contribution in [3.05, 3.63) is 71.2 Å². The first-order valence-corrected chi connectivity index (χ1v) is 7.52. The second kappa shape index (κ2) is 5.45. The summed E-state index contributed by atoms with van der Waals surface area (Å²) in [6, 6.07) is 18.6. The van der Waals surface area contributed by atoms with Crippen molar-refractivity contribution in [2.75, 3.05) is 0 Å². The van der Waals surface area contributed by atoms with Crippen molar-refractivity contribution in [3.8, 4) is 5.75 Å². The van der Waals surface area contributed by atoms with Gasteiger partial charge in [0.05, 0.1) is 5.69 Å². The van der Waals surface area contributed by atoms with Gasteiger partial charge in [-0.2, -0.15) is 0 Å². The van der Waals surface area contributed by atoms with E-state index in [1.54, 1.807) is 24.4 Å². The molecule has 0 aliphatic rings. The molecule has 3 nitrogen and oxygen atoms in total. The lowest BCUT2D eigenvalue weighted by Gasteiger charge is -1.99. The van der Waals surface area contributed by atoms with Crippen molar-refractivity contribution in [3.63, 3.8) is 0 Å². The maximum Gasteiger partial charge on any atom is 0.137 e. The zero-order chi connectivity index (χ0) is 15.8. The van der Waals surface area contributed by atoms with Crippen LogP contribution in [0.4, 0.5) is 5.69 Å². The van der Waals surface area contributed by atoms with Gasteiger partial charge in [0.15, 0.2) is 0 Å². The molecule has 4 rings (SSSR count). The molecular weight excluding hydrogens is 310 g/mol. The van der Waals surface area contributed by atoms with E-state index in [1.165, 1.54) is 0 Å². The number of phenolic OH excluding ortho intramolecular Hbond substituents is 1. The number of fused-ring (bicyclic) bond motifs is 3. The van der Waals surface area contributed by atoms with Gasteiger partial charge >= 0.3 is 0 Å². The lowest BCUT2D eigenvalue weighted by atomic mass is 10.1. The molecule has 4 aromatic rings. The SMILES string of the molecule is Oc1ccc(Cl)cc1C=Nc1ccc2c(c1)oc1ccccc12. The van der Waals surface area contributed by atoms with Crippen LogP contribution in [0.15, 0.2) is 70.1 Å². The van der Waals surface area contributed by atoms with Crippen molar-refractivity contribution in [1.29, 1.82) is 0 Å². The highest BCUT2D eigenvalue weighted by atomic mass is 35.5. The topological polar surface area (TPSA) is 45.7 Å². The van der Waals surface area contributed by atoms with Gasteiger partial charge in [-0.15, -0.1) is 0 Å². The number of hydrogen-bond donors (Lipinski definition) is 1. The summed E-state index contributed by atoms with van der Waals surface area (Å²) in [7, 11) is 0. The first-order chi connectivity index (χ1) is 11.2. The van der Waals surface area contributed by atoms with Crippen molar-refractivity contribution in [2.24, 2.45) is 4.99 Å². The molecule has 0 aliphatic heterocycles. The van der Waals surface area contributed by atoms with Gasteiger partial charge in [-0.3, -0.25) is 4.99 Å². The number of aromatic hydroxyl groups is 1. The number of furan rings is 1. The molecule has 112 valence electrons. The Kier molecular flexibility index (Phi) is 3.28. The van der Waals surface area contributed by atoms with Crippen LogP contribution in [0.3, 0.4) is 0 Å². The van der Waals surface area contributed by atoms with Crippen molar-refractivity contribution in [1.82, 2.24) is 0 Å². The van der Waals surface area contributed by atoms with Crippen LogP contribution in [0.2, 0.25) is 5.02 Å². The van der Waals surface area contributed by atoms with E-state index in [9.17, 15) is 5.11 Å². The lowest BCUT2D eigenvalue weighted by Crippen LogP contribution is -1.82. The number of nitrogens with zero attached hydrogens (tertiary/aromatic N) is 1. The van der Waals surface area contributed by atoms with Crippen molar-refractivity contribution < 1.29 is 9.52 Å². The molecule has 1 aromatic heterocycles. The molecule has 1 N–H and O–H groups in total. The number of halogens is 1. The molecule has 0 unspecified atom stereocenters. The van der Waals surface area contributed by atoms with Gasteiger partial charge in [0, 0.05) is 33.6 Å². The molecule has 1 heterocycles. The normalized spacial score (nSPS) is 11.7. The summed E-state index contributed by atoms with van der Waals surface area (Å²) in [5.41, 5.74) is 2.96. The smallest absolute Gasteiger partial charge is 0.137 e. The number of benzene rings is 3. The minimum absolute atomic E-state index is 0.142. The fourth-order valence-corrected chi connectivity index (χ4v) is 2.75. The molecule has 0 bridgehead atoms. The minimum Gasteiger partial charge on any atom is -0.507 e. The van der Waals surface area contributed by atoms with E-state index in [2.05, 4.69) is 4.99 Å². The molecule has 0 aliphatic carbocycles. The third-order valence-electron chi connectivity index (χ3n) is 3.70. The van der Waals surface area contributed by atoms with Gasteiger partial charge in [0.25, 0.3) is 0 Å². The molecule has 0 saturated carbocycles. The minimum atomic E-state index is 0.142. The van der Waals surface area contributed by atoms with Gasteiger partial charge in [0.2, 0.25) is 0 Å². The molecule has 0 fully saturated rings. The first kappa shape index (κ1) is 13.9. The number of phenols is 1. The second-order valence-electron chi connectivity index (χ2n) is 5.24. The molecule has 0 spiro atoms. The van der Waals surface area contributed by atoms with E-state index in [4.69, 9.17) is 16.0 Å². The fourth-order valence-electron chi connectivity index (χ4n) is 2.57. The largest absolute Gasteiger partial charge is 0.507 e. The van der Waals surface area contributed by atoms with Crippen LogP contribution in [-0.2, 0) is 0 Å². The van der Waals surface area contributed by atoms with Crippen LogP contribution >= 0.6 is 11.6 Å². The third kappa shape index (κ3) is 2.56. The quantitative estimate of drug-likeness (QED) is 0.482. The Balaban J connectivity index is 1.76. The van der Waals surface area contributed by atoms with Crippen LogP contribution < -0.4 is 0 Å². The van der Waals surface area contributed by atoms with Crippen LogP contribution in [0, 0.1) is 0 Å². The molecular formula is C19H12ClNO2. The Hall–Kier alpha value is -2.78. The molecule has 0 saturated heterocycles. The van der Waals surface area contributed by atoms with Gasteiger partial charge in [0.1, 0.15) is 16.9 Å². The average molecular weight is 322 g/mol. The summed E-state index contributed by atoms with van der Waals surface area (Å²) in [6.07, 6.45) is 1.59. The number of para-hydroxylation sites is 1. The van der Waals surface area contributed by atoms with Gasteiger partial charge < -0.3 is 9.52 Å². The zero-order valence-corrected chi connectivity index (χ0v) is 12.8. The lowest BCUT2D eigenvalue weighted by molar-refractivity contribution is 0.474. The fraction of sp³-hybridized carbons (Fsp3) is 0. The Labute approximate surface area is 137 Å². The summed E-state index contributed by atoms with van der Waals surface area (Å²) in [5.74, 6) is 0.142. The summed E-state index contributed by atoms with van der Waals surface area (Å²) in [6.45, 7) is 0. The van der Waals surface area contributed by atoms with E-state index in [0.717, 1.165) is 27.6 Å². The highest BCUT2D eigenvalue weighted by Crippen LogP contribution is 2.31. The summed E-state index contributed by atoms with van der Waals surface area (Å²) < 4.78 is 5.84. The predicted molar refractivity (Wildman–Crippen MR) is 94.1 cm³/mol. The molecule has 3 aromatic carbocycles. The Morgan fingerprint density at radius 3 is 2.65 bits per heavy atom. The van der Waals surface area contributed by atoms with E-state index in [1.807, 2.05) is 42.5 Å². The highest BCUT2D eigenvalue weighted by molar-refractivity contribution is 6.30. The summed E-state index contributed by atoms with van der Waals surface area (Å²) in [5, 5.41) is 12.5. The van der Waals surface area contributed by atoms with E-state index in [0.29, 0.717) is 10.6 Å². The molecule has 0 atom stereocenters. The standard InChI is InChI=1S/C19H12ClNO2/c20-13-5-8-17(22)12(9-13)11-21-14-6-7-16-15-3-1-2-4-18(15)23-19(16)10-14/h1-11,22H. The maximum atomic E-state index is 9.81. The zero-order valence-electron chi connectivity index (χ0n) is 12.0. The summed E-state index contributed by atoms with van der Waals surface area (Å²) >= 11 is 5.93. The van der Waals surface area contributed by atoms with Crippen LogP contribution in [0.5, 0.6) is 5.75 Å². The number of rotatable bonds is 2.